The average Bonchev–Trinajstić information content (AvgIpc) is 4.33. The fourth-order valence-electron chi connectivity index (χ4n) is 11.6. The molecule has 77 heavy (non-hydrogen) atoms. The van der Waals surface area contributed by atoms with Crippen LogP contribution in [0.25, 0.3) is 29.3 Å². The lowest BCUT2D eigenvalue weighted by Gasteiger charge is -2.12. The lowest BCUT2D eigenvalue weighted by molar-refractivity contribution is 0.553. The van der Waals surface area contributed by atoms with Crippen molar-refractivity contribution >= 4 is 96.9 Å². The lowest BCUT2D eigenvalue weighted by atomic mass is 9.92. The smallest absolute Gasteiger partial charge is 0.209 e. The number of thiophene rings is 4. The van der Waals surface area contributed by atoms with Gasteiger partial charge in [-0.25, -0.2) is 8.42 Å². The molecule has 0 bridgehead atoms. The molecule has 0 aromatic carbocycles. The highest BCUT2D eigenvalue weighted by Crippen LogP contribution is 2.55. The molecule has 1 aliphatic heterocycles. The minimum atomic E-state index is -3.86. The average molecular weight is 1280 g/mol. The van der Waals surface area contributed by atoms with Crippen LogP contribution in [-0.2, 0) is 35.5 Å². The third-order valence-corrected chi connectivity index (χ3v) is 25.2. The highest BCUT2D eigenvalue weighted by atomic mass is 79.9. The Hall–Kier alpha value is -0.810. The number of rotatable bonds is 46. The Bertz CT molecular complexity index is 2260. The number of unbranched alkanes of at least 4 members (excludes halogenated alkanes) is 30. The van der Waals surface area contributed by atoms with Gasteiger partial charge in [0.05, 0.1) is 17.4 Å². The van der Waals surface area contributed by atoms with E-state index in [2.05, 4.69) is 97.7 Å². The summed E-state index contributed by atoms with van der Waals surface area (Å²) >= 11 is 15.4. The van der Waals surface area contributed by atoms with Crippen molar-refractivity contribution in [2.45, 2.75) is 311 Å². The third-order valence-electron chi connectivity index (χ3n) is 16.2. The van der Waals surface area contributed by atoms with E-state index in [0.29, 0.717) is 9.81 Å². The summed E-state index contributed by atoms with van der Waals surface area (Å²) in [5, 5.41) is 0. The molecule has 4 aromatic heterocycles. The molecular formula is C68H106Br2O2S5. The van der Waals surface area contributed by atoms with Crippen LogP contribution >= 0.6 is 77.2 Å². The summed E-state index contributed by atoms with van der Waals surface area (Å²) in [6.45, 7) is 13.8. The molecule has 9 heteroatoms. The zero-order valence-electron chi connectivity index (χ0n) is 49.6. The van der Waals surface area contributed by atoms with Crippen LogP contribution in [0, 0.1) is 0 Å². The largest absolute Gasteiger partial charge is 0.218 e. The first-order valence-corrected chi connectivity index (χ1v) is 38.5. The number of sulfone groups is 1. The maximum atomic E-state index is 16.3. The second kappa shape index (κ2) is 38.9. The first-order chi connectivity index (χ1) is 37.6. The van der Waals surface area contributed by atoms with Gasteiger partial charge in [0.15, 0.2) is 0 Å². The Morgan fingerprint density at radius 1 is 0.299 bits per heavy atom. The van der Waals surface area contributed by atoms with Crippen molar-refractivity contribution in [1.82, 2.24) is 0 Å². The van der Waals surface area contributed by atoms with Gasteiger partial charge in [0.25, 0.3) is 0 Å². The maximum Gasteiger partial charge on any atom is 0.209 e. The molecule has 0 saturated carbocycles. The van der Waals surface area contributed by atoms with Crippen molar-refractivity contribution in [3.63, 3.8) is 0 Å². The Kier molecular flexibility index (Phi) is 33.8. The van der Waals surface area contributed by atoms with Gasteiger partial charge in [0.2, 0.25) is 9.84 Å². The fourth-order valence-corrected chi connectivity index (χ4v) is 20.6. The summed E-state index contributed by atoms with van der Waals surface area (Å²) in [4.78, 5) is 8.52. The van der Waals surface area contributed by atoms with Gasteiger partial charge in [-0.3, -0.25) is 0 Å². The summed E-state index contributed by atoms with van der Waals surface area (Å²) in [6, 6.07) is 9.64. The van der Waals surface area contributed by atoms with E-state index in [1.807, 2.05) is 22.7 Å². The Morgan fingerprint density at radius 2 is 0.532 bits per heavy atom. The van der Waals surface area contributed by atoms with Crippen molar-refractivity contribution in [1.29, 1.82) is 0 Å². The molecule has 0 amide bonds. The number of allylic oxidation sites excluding steroid dienone is 2. The first-order valence-electron chi connectivity index (χ1n) is 32.2. The summed E-state index contributed by atoms with van der Waals surface area (Å²) in [7, 11) is -3.86. The molecule has 0 fully saturated rings. The zero-order chi connectivity index (χ0) is 55.1. The second-order valence-corrected chi connectivity index (χ2v) is 31.6. The van der Waals surface area contributed by atoms with Crippen molar-refractivity contribution in [3.05, 3.63) is 75.0 Å². The molecule has 1 aliphatic rings. The SMILES string of the molecule is CCCCCCCCCCCCC1=C(c2cc(CCCCCC)c(-c3cc(CCCCCC)c(Br)s3)s2)S(=O)(=O)C(c2cc(CCCCCC)c(-c3cc(CCCCCC)c(Br)s3)s2)=C1CCCCCCCCCCCC. The number of halogens is 2. The minimum Gasteiger partial charge on any atom is -0.218 e. The predicted octanol–water partition coefficient (Wildman–Crippen LogP) is 26.5. The van der Waals surface area contributed by atoms with E-state index in [-0.39, 0.29) is 0 Å². The highest BCUT2D eigenvalue weighted by molar-refractivity contribution is 9.11. The molecule has 0 radical (unpaired) electrons. The molecule has 0 aliphatic carbocycles. The Balaban J connectivity index is 1.62. The predicted molar refractivity (Wildman–Crippen MR) is 358 cm³/mol. The quantitative estimate of drug-likeness (QED) is 0.0413. The molecule has 0 unspecified atom stereocenters. The van der Waals surface area contributed by atoms with E-state index in [9.17, 15) is 0 Å². The molecule has 2 nitrogen and oxygen atoms in total. The standard InChI is InChI=1S/C68H106Br2O2S5/c1-7-13-19-25-27-29-31-33-35-41-47-57-58(48-42-36-34-32-30-28-26-20-14-8-2)66(62-50-54(44-38-22-16-10-4)64(74-62)60-52-56(68(70)76-60)46-40-24-18-12-6)77(71,72)65(57)61-49-53(43-37-21-15-9-3)63(73-61)59-51-55(67(69)75-59)45-39-23-17-11-5/h49-52H,7-48H2,1-6H3. The van der Waals surface area contributed by atoms with E-state index in [4.69, 9.17) is 0 Å². The zero-order valence-corrected chi connectivity index (χ0v) is 56.9. The second-order valence-electron chi connectivity index (χ2n) is 23.0. The van der Waals surface area contributed by atoms with Gasteiger partial charge in [0, 0.05) is 29.3 Å². The summed E-state index contributed by atoms with van der Waals surface area (Å²) in [6.07, 6.45) is 51.0. The van der Waals surface area contributed by atoms with Gasteiger partial charge in [-0.1, -0.05) is 234 Å². The van der Waals surface area contributed by atoms with Crippen LogP contribution in [0.4, 0.5) is 0 Å². The molecule has 5 heterocycles. The molecule has 0 spiro atoms. The summed E-state index contributed by atoms with van der Waals surface area (Å²) in [5.41, 5.74) is 7.84. The number of hydrogen-bond acceptors (Lipinski definition) is 6. The van der Waals surface area contributed by atoms with E-state index in [1.165, 1.54) is 242 Å². The van der Waals surface area contributed by atoms with Crippen LogP contribution in [0.2, 0.25) is 0 Å². The van der Waals surface area contributed by atoms with Gasteiger partial charge in [-0.15, -0.1) is 45.3 Å². The topological polar surface area (TPSA) is 34.1 Å². The van der Waals surface area contributed by atoms with Crippen LogP contribution in [0.1, 0.15) is 318 Å². The molecule has 434 valence electrons. The van der Waals surface area contributed by atoms with E-state index in [0.717, 1.165) is 98.0 Å². The van der Waals surface area contributed by atoms with E-state index >= 15 is 8.42 Å². The molecule has 0 saturated heterocycles. The fraction of sp³-hybridized carbons (Fsp3) is 0.706. The van der Waals surface area contributed by atoms with Crippen LogP contribution in [0.3, 0.4) is 0 Å². The summed E-state index contributed by atoms with van der Waals surface area (Å²) in [5.74, 6) is 0. The normalized spacial score (nSPS) is 13.7. The lowest BCUT2D eigenvalue weighted by Crippen LogP contribution is -2.01. The molecule has 4 aromatic rings. The van der Waals surface area contributed by atoms with Crippen molar-refractivity contribution in [3.8, 4) is 19.5 Å². The monoisotopic (exact) mass is 1270 g/mol. The Labute approximate surface area is 506 Å². The van der Waals surface area contributed by atoms with Gasteiger partial charge in [0.1, 0.15) is 0 Å². The molecule has 0 N–H and O–H groups in total. The van der Waals surface area contributed by atoms with Crippen LogP contribution < -0.4 is 0 Å². The number of hydrogen-bond donors (Lipinski definition) is 0. The van der Waals surface area contributed by atoms with Crippen LogP contribution in [0.15, 0.2) is 43.0 Å². The van der Waals surface area contributed by atoms with Crippen LogP contribution in [0.5, 0.6) is 0 Å². The first kappa shape index (κ1) is 67.0. The number of aryl methyl sites for hydroxylation is 4. The highest BCUT2D eigenvalue weighted by Gasteiger charge is 2.41. The van der Waals surface area contributed by atoms with E-state index in [1.54, 1.807) is 22.7 Å². The van der Waals surface area contributed by atoms with Gasteiger partial charge in [-0.05, 0) is 167 Å². The summed E-state index contributed by atoms with van der Waals surface area (Å²) < 4.78 is 35.2. The van der Waals surface area contributed by atoms with Crippen LogP contribution in [-0.4, -0.2) is 8.42 Å². The Morgan fingerprint density at radius 3 is 0.831 bits per heavy atom. The minimum absolute atomic E-state index is 0.666. The molecular weight excluding hydrogens is 1170 g/mol. The third kappa shape index (κ3) is 22.0. The van der Waals surface area contributed by atoms with Gasteiger partial charge >= 0.3 is 0 Å². The molecule has 5 rings (SSSR count). The molecule has 0 atom stereocenters. The van der Waals surface area contributed by atoms with Gasteiger partial charge in [-0.2, -0.15) is 0 Å². The van der Waals surface area contributed by atoms with Crippen molar-refractivity contribution < 1.29 is 8.42 Å². The maximum absolute atomic E-state index is 16.3. The van der Waals surface area contributed by atoms with E-state index < -0.39 is 9.84 Å². The van der Waals surface area contributed by atoms with Crippen molar-refractivity contribution in [2.24, 2.45) is 0 Å². The van der Waals surface area contributed by atoms with Crippen molar-refractivity contribution in [2.75, 3.05) is 0 Å². The van der Waals surface area contributed by atoms with Gasteiger partial charge < -0.3 is 0 Å².